The molecule has 1 aliphatic rings. The molecular formula is C18H18N6O. The van der Waals surface area contributed by atoms with Crippen LogP contribution in [0, 0.1) is 0 Å². The van der Waals surface area contributed by atoms with Crippen LogP contribution in [0.2, 0.25) is 0 Å². The predicted octanol–water partition coefficient (Wildman–Crippen LogP) is 2.28. The molecule has 4 heterocycles. The van der Waals surface area contributed by atoms with E-state index in [0.29, 0.717) is 12.2 Å². The highest BCUT2D eigenvalue weighted by Gasteiger charge is 2.27. The van der Waals surface area contributed by atoms with E-state index in [1.807, 2.05) is 23.1 Å². The van der Waals surface area contributed by atoms with Crippen LogP contribution in [0.15, 0.2) is 49.2 Å². The number of hydrogen-bond donors (Lipinski definition) is 1. The average Bonchev–Trinajstić information content (AvgIpc) is 3.19. The van der Waals surface area contributed by atoms with E-state index in [4.69, 9.17) is 0 Å². The van der Waals surface area contributed by atoms with Crippen LogP contribution in [-0.2, 0) is 0 Å². The van der Waals surface area contributed by atoms with Gasteiger partial charge in [-0.1, -0.05) is 0 Å². The highest BCUT2D eigenvalue weighted by Crippen LogP contribution is 2.26. The Kier molecular flexibility index (Phi) is 4.20. The number of piperidine rings is 1. The molecule has 0 bridgehead atoms. The van der Waals surface area contributed by atoms with E-state index in [2.05, 4.69) is 25.1 Å². The Balaban J connectivity index is 1.50. The normalized spacial score (nSPS) is 17.4. The van der Waals surface area contributed by atoms with E-state index in [9.17, 15) is 4.79 Å². The van der Waals surface area contributed by atoms with Crippen molar-refractivity contribution in [3.05, 3.63) is 60.6 Å². The van der Waals surface area contributed by atoms with Gasteiger partial charge in [-0.15, -0.1) is 0 Å². The van der Waals surface area contributed by atoms with Crippen molar-refractivity contribution in [1.29, 1.82) is 0 Å². The van der Waals surface area contributed by atoms with Crippen LogP contribution in [0.5, 0.6) is 0 Å². The third kappa shape index (κ3) is 3.26. The smallest absolute Gasteiger partial charge is 0.271 e. The molecule has 25 heavy (non-hydrogen) atoms. The number of carbonyl (C=O) groups excluding carboxylic acids is 1. The highest BCUT2D eigenvalue weighted by molar-refractivity contribution is 5.93. The molecule has 0 aromatic carbocycles. The average molecular weight is 334 g/mol. The fourth-order valence-electron chi connectivity index (χ4n) is 3.21. The molecule has 0 radical (unpaired) electrons. The summed E-state index contributed by atoms with van der Waals surface area (Å²) in [6.07, 6.45) is 8.75. The molecule has 3 aromatic rings. The fourth-order valence-corrected chi connectivity index (χ4v) is 3.21. The molecule has 0 saturated carbocycles. The van der Waals surface area contributed by atoms with Gasteiger partial charge in [-0.3, -0.25) is 14.9 Å². The minimum atomic E-state index is -0.0265. The number of carbonyl (C=O) groups is 1. The lowest BCUT2D eigenvalue weighted by Gasteiger charge is -2.32. The lowest BCUT2D eigenvalue weighted by molar-refractivity contribution is 0.0700. The van der Waals surface area contributed by atoms with Gasteiger partial charge >= 0.3 is 0 Å². The summed E-state index contributed by atoms with van der Waals surface area (Å²) < 4.78 is 0. The summed E-state index contributed by atoms with van der Waals surface area (Å²) in [7, 11) is 0. The zero-order valence-electron chi connectivity index (χ0n) is 13.7. The van der Waals surface area contributed by atoms with E-state index in [-0.39, 0.29) is 11.8 Å². The van der Waals surface area contributed by atoms with Crippen LogP contribution in [0.4, 0.5) is 0 Å². The van der Waals surface area contributed by atoms with Gasteiger partial charge in [0, 0.05) is 48.9 Å². The molecule has 0 aliphatic carbocycles. The monoisotopic (exact) mass is 334 g/mol. The number of aromatic nitrogens is 5. The number of nitrogens with zero attached hydrogens (tertiary/aromatic N) is 5. The summed E-state index contributed by atoms with van der Waals surface area (Å²) in [5.41, 5.74) is 3.10. The largest absolute Gasteiger partial charge is 0.337 e. The number of pyridine rings is 1. The van der Waals surface area contributed by atoms with Gasteiger partial charge in [0.15, 0.2) is 0 Å². The number of likely N-dealkylation sites (tertiary alicyclic amines) is 1. The summed E-state index contributed by atoms with van der Waals surface area (Å²) in [6.45, 7) is 1.42. The number of aromatic amines is 1. The predicted molar refractivity (Wildman–Crippen MR) is 91.7 cm³/mol. The third-order valence-electron chi connectivity index (χ3n) is 4.50. The summed E-state index contributed by atoms with van der Waals surface area (Å²) in [5.74, 6) is 0.225. The summed E-state index contributed by atoms with van der Waals surface area (Å²) in [4.78, 5) is 27.1. The quantitative estimate of drug-likeness (QED) is 0.794. The van der Waals surface area contributed by atoms with Crippen molar-refractivity contribution >= 4 is 5.91 Å². The van der Waals surface area contributed by atoms with Crippen molar-refractivity contribution in [3.8, 4) is 11.3 Å². The van der Waals surface area contributed by atoms with Gasteiger partial charge in [-0.25, -0.2) is 9.97 Å². The Morgan fingerprint density at radius 1 is 1.24 bits per heavy atom. The second kappa shape index (κ2) is 6.80. The van der Waals surface area contributed by atoms with E-state index < -0.39 is 0 Å². The highest BCUT2D eigenvalue weighted by atomic mass is 16.2. The van der Waals surface area contributed by atoms with Crippen molar-refractivity contribution in [2.24, 2.45) is 0 Å². The first-order chi connectivity index (χ1) is 12.3. The minimum absolute atomic E-state index is 0.0265. The number of nitrogens with one attached hydrogen (secondary N) is 1. The molecule has 1 atom stereocenters. The van der Waals surface area contributed by atoms with Crippen LogP contribution in [0.1, 0.15) is 34.9 Å². The molecule has 1 fully saturated rings. The summed E-state index contributed by atoms with van der Waals surface area (Å²) in [6, 6.07) is 7.48. The lowest BCUT2D eigenvalue weighted by atomic mass is 9.94. The third-order valence-corrected chi connectivity index (χ3v) is 4.50. The van der Waals surface area contributed by atoms with Gasteiger partial charge in [0.1, 0.15) is 12.0 Å². The first-order valence-corrected chi connectivity index (χ1v) is 8.32. The van der Waals surface area contributed by atoms with Gasteiger partial charge < -0.3 is 4.90 Å². The van der Waals surface area contributed by atoms with Crippen molar-refractivity contribution in [3.63, 3.8) is 0 Å². The zero-order chi connectivity index (χ0) is 17.1. The molecule has 126 valence electrons. The maximum Gasteiger partial charge on any atom is 0.271 e. The standard InChI is InChI=1S/C18H18N6O/c25-18(17-9-16(22-23-17)13-3-1-6-19-10-13)24-8-2-4-14(11-24)15-5-7-20-12-21-15/h1,3,5-7,9-10,12,14H,2,4,8,11H2,(H,22,23)/t14-/m0/s1. The van der Waals surface area contributed by atoms with Crippen molar-refractivity contribution < 1.29 is 4.79 Å². The van der Waals surface area contributed by atoms with Crippen molar-refractivity contribution in [2.45, 2.75) is 18.8 Å². The Bertz CT molecular complexity index is 848. The second-order valence-corrected chi connectivity index (χ2v) is 6.13. The second-order valence-electron chi connectivity index (χ2n) is 6.13. The molecule has 0 unspecified atom stereocenters. The Morgan fingerprint density at radius 2 is 2.20 bits per heavy atom. The van der Waals surface area contributed by atoms with Crippen LogP contribution >= 0.6 is 0 Å². The molecule has 1 amide bonds. The molecule has 0 spiro atoms. The van der Waals surface area contributed by atoms with Gasteiger partial charge in [0.05, 0.1) is 5.69 Å². The maximum atomic E-state index is 12.8. The van der Waals surface area contributed by atoms with Crippen LogP contribution in [-0.4, -0.2) is 49.0 Å². The molecule has 1 saturated heterocycles. The van der Waals surface area contributed by atoms with E-state index in [0.717, 1.165) is 36.3 Å². The number of rotatable bonds is 3. The Hall–Kier alpha value is -3.09. The van der Waals surface area contributed by atoms with Crippen LogP contribution < -0.4 is 0 Å². The van der Waals surface area contributed by atoms with Gasteiger partial charge in [-0.05, 0) is 37.1 Å². The lowest BCUT2D eigenvalue weighted by Crippen LogP contribution is -2.39. The molecular weight excluding hydrogens is 316 g/mol. The Labute approximate surface area is 145 Å². The maximum absolute atomic E-state index is 12.8. The zero-order valence-corrected chi connectivity index (χ0v) is 13.7. The van der Waals surface area contributed by atoms with E-state index in [1.165, 1.54) is 0 Å². The molecule has 7 heteroatoms. The Morgan fingerprint density at radius 3 is 3.00 bits per heavy atom. The molecule has 4 rings (SSSR count). The van der Waals surface area contributed by atoms with E-state index >= 15 is 0 Å². The first-order valence-electron chi connectivity index (χ1n) is 8.32. The number of amides is 1. The number of hydrogen-bond acceptors (Lipinski definition) is 5. The molecule has 1 aliphatic heterocycles. The topological polar surface area (TPSA) is 87.7 Å². The van der Waals surface area contributed by atoms with Crippen molar-refractivity contribution in [2.75, 3.05) is 13.1 Å². The molecule has 1 N–H and O–H groups in total. The van der Waals surface area contributed by atoms with Crippen LogP contribution in [0.25, 0.3) is 11.3 Å². The van der Waals surface area contributed by atoms with E-state index in [1.54, 1.807) is 31.0 Å². The van der Waals surface area contributed by atoms with Gasteiger partial charge in [0.25, 0.3) is 5.91 Å². The minimum Gasteiger partial charge on any atom is -0.337 e. The van der Waals surface area contributed by atoms with Gasteiger partial charge in [0.2, 0.25) is 0 Å². The number of H-pyrrole nitrogens is 1. The molecule has 3 aromatic heterocycles. The first kappa shape index (κ1) is 15.4. The van der Waals surface area contributed by atoms with Crippen LogP contribution in [0.3, 0.4) is 0 Å². The van der Waals surface area contributed by atoms with Gasteiger partial charge in [-0.2, -0.15) is 5.10 Å². The summed E-state index contributed by atoms with van der Waals surface area (Å²) >= 11 is 0. The van der Waals surface area contributed by atoms with Crippen molar-refractivity contribution in [1.82, 2.24) is 30.0 Å². The molecule has 7 nitrogen and oxygen atoms in total. The summed E-state index contributed by atoms with van der Waals surface area (Å²) in [5, 5.41) is 7.11. The SMILES string of the molecule is O=C(c1cc(-c2cccnc2)n[nH]1)N1CCC[C@H](c2ccncn2)C1. The fraction of sp³-hybridized carbons (Fsp3) is 0.278.